The quantitative estimate of drug-likeness (QED) is 0.896. The van der Waals surface area contributed by atoms with Gasteiger partial charge in [-0.15, -0.1) is 0 Å². The highest BCUT2D eigenvalue weighted by atomic mass is 15.1. The highest BCUT2D eigenvalue weighted by Gasteiger charge is 2.05. The predicted molar refractivity (Wildman–Crippen MR) is 78.5 cm³/mol. The number of imidazole rings is 1. The third kappa shape index (κ3) is 3.24. The van der Waals surface area contributed by atoms with E-state index in [2.05, 4.69) is 33.7 Å². The Morgan fingerprint density at radius 1 is 1.26 bits per heavy atom. The van der Waals surface area contributed by atoms with Crippen molar-refractivity contribution in [3.63, 3.8) is 0 Å². The number of pyridine rings is 1. The van der Waals surface area contributed by atoms with E-state index in [1.807, 2.05) is 49.8 Å². The lowest BCUT2D eigenvalue weighted by Gasteiger charge is -2.14. The average Bonchev–Trinajstić information content (AvgIpc) is 2.85. The van der Waals surface area contributed by atoms with Crippen molar-refractivity contribution in [2.75, 3.05) is 24.3 Å². The summed E-state index contributed by atoms with van der Waals surface area (Å²) in [6.45, 7) is 5.05. The Morgan fingerprint density at radius 3 is 2.63 bits per heavy atom. The van der Waals surface area contributed by atoms with Crippen LogP contribution in [-0.2, 0) is 6.54 Å². The van der Waals surface area contributed by atoms with Crippen LogP contribution in [0, 0.1) is 0 Å². The fourth-order valence-electron chi connectivity index (χ4n) is 1.88. The van der Waals surface area contributed by atoms with Gasteiger partial charge < -0.3 is 14.8 Å². The molecule has 5 heteroatoms. The van der Waals surface area contributed by atoms with E-state index in [0.717, 1.165) is 18.1 Å². The summed E-state index contributed by atoms with van der Waals surface area (Å²) in [4.78, 5) is 10.6. The molecule has 0 radical (unpaired) electrons. The van der Waals surface area contributed by atoms with Crippen LogP contribution in [0.4, 0.5) is 11.5 Å². The van der Waals surface area contributed by atoms with E-state index in [1.54, 1.807) is 0 Å². The summed E-state index contributed by atoms with van der Waals surface area (Å²) in [7, 11) is 3.97. The van der Waals surface area contributed by atoms with Gasteiger partial charge in [-0.25, -0.2) is 9.97 Å². The van der Waals surface area contributed by atoms with Gasteiger partial charge in [0.15, 0.2) is 0 Å². The van der Waals surface area contributed by atoms with Crippen LogP contribution in [0.1, 0.15) is 25.6 Å². The molecule has 2 rings (SSSR count). The van der Waals surface area contributed by atoms with E-state index < -0.39 is 0 Å². The molecule has 0 aliphatic carbocycles. The number of hydrogen-bond donors (Lipinski definition) is 1. The molecule has 5 nitrogen and oxygen atoms in total. The topological polar surface area (TPSA) is 46.0 Å². The number of nitrogens with one attached hydrogen (secondary N) is 1. The second kappa shape index (κ2) is 5.73. The second-order valence-electron chi connectivity index (χ2n) is 5.04. The first-order chi connectivity index (χ1) is 9.08. The zero-order valence-electron chi connectivity index (χ0n) is 12.0. The monoisotopic (exact) mass is 259 g/mol. The zero-order chi connectivity index (χ0) is 13.8. The van der Waals surface area contributed by atoms with Crippen LogP contribution in [0.15, 0.2) is 30.9 Å². The highest BCUT2D eigenvalue weighted by Crippen LogP contribution is 2.14. The molecule has 0 amide bonds. The van der Waals surface area contributed by atoms with Crippen molar-refractivity contribution in [1.29, 1.82) is 0 Å². The first-order valence-corrected chi connectivity index (χ1v) is 6.46. The van der Waals surface area contributed by atoms with E-state index in [9.17, 15) is 0 Å². The van der Waals surface area contributed by atoms with Gasteiger partial charge in [0.1, 0.15) is 5.82 Å². The molecule has 0 bridgehead atoms. The Bertz CT molecular complexity index is 513. The van der Waals surface area contributed by atoms with Crippen LogP contribution < -0.4 is 10.2 Å². The van der Waals surface area contributed by atoms with E-state index >= 15 is 0 Å². The Kier molecular flexibility index (Phi) is 4.04. The smallest absolute Gasteiger partial charge is 0.128 e. The lowest BCUT2D eigenvalue weighted by molar-refractivity contribution is 0.577. The van der Waals surface area contributed by atoms with Crippen LogP contribution in [-0.4, -0.2) is 28.6 Å². The first kappa shape index (κ1) is 13.4. The van der Waals surface area contributed by atoms with Gasteiger partial charge in [0, 0.05) is 26.3 Å². The molecule has 0 spiro atoms. The third-order valence-corrected chi connectivity index (χ3v) is 2.98. The summed E-state index contributed by atoms with van der Waals surface area (Å²) >= 11 is 0. The summed E-state index contributed by atoms with van der Waals surface area (Å²) in [6, 6.07) is 4.47. The molecule has 0 aliphatic heterocycles. The molecule has 2 aromatic heterocycles. The van der Waals surface area contributed by atoms with Crippen molar-refractivity contribution in [2.45, 2.75) is 26.4 Å². The molecule has 0 unspecified atom stereocenters. The summed E-state index contributed by atoms with van der Waals surface area (Å²) in [5.74, 6) is 0.956. The van der Waals surface area contributed by atoms with Crippen LogP contribution >= 0.6 is 0 Å². The predicted octanol–water partition coefficient (Wildman–Crippen LogP) is 2.54. The Morgan fingerprint density at radius 2 is 2.05 bits per heavy atom. The number of anilines is 2. The maximum atomic E-state index is 4.38. The summed E-state index contributed by atoms with van der Waals surface area (Å²) < 4.78 is 2.16. The molecule has 102 valence electrons. The summed E-state index contributed by atoms with van der Waals surface area (Å²) in [5.41, 5.74) is 2.19. The number of aromatic nitrogens is 3. The van der Waals surface area contributed by atoms with Crippen molar-refractivity contribution in [2.24, 2.45) is 0 Å². The van der Waals surface area contributed by atoms with Gasteiger partial charge >= 0.3 is 0 Å². The lowest BCUT2D eigenvalue weighted by Crippen LogP contribution is -2.11. The summed E-state index contributed by atoms with van der Waals surface area (Å²) in [6.07, 6.45) is 5.62. The van der Waals surface area contributed by atoms with E-state index in [4.69, 9.17) is 0 Å². The first-order valence-electron chi connectivity index (χ1n) is 6.46. The van der Waals surface area contributed by atoms with Gasteiger partial charge in [-0.1, -0.05) is 0 Å². The molecule has 0 saturated carbocycles. The molecule has 0 aliphatic rings. The minimum absolute atomic E-state index is 0.425. The largest absolute Gasteiger partial charge is 0.378 e. The molecule has 2 aromatic rings. The van der Waals surface area contributed by atoms with Crippen molar-refractivity contribution < 1.29 is 0 Å². The van der Waals surface area contributed by atoms with Gasteiger partial charge in [0.25, 0.3) is 0 Å². The average molecular weight is 259 g/mol. The van der Waals surface area contributed by atoms with Crippen molar-refractivity contribution in [1.82, 2.24) is 14.5 Å². The number of rotatable bonds is 5. The van der Waals surface area contributed by atoms with Crippen molar-refractivity contribution in [3.05, 3.63) is 36.5 Å². The fraction of sp³-hybridized carbons (Fsp3) is 0.429. The van der Waals surface area contributed by atoms with Crippen molar-refractivity contribution >= 4 is 11.5 Å². The Hall–Kier alpha value is -2.04. The molecule has 0 atom stereocenters. The molecule has 0 saturated heterocycles. The third-order valence-electron chi connectivity index (χ3n) is 2.98. The Balaban J connectivity index is 2.00. The lowest BCUT2D eigenvalue weighted by atomic mass is 10.3. The number of nitrogens with zero attached hydrogens (tertiary/aromatic N) is 4. The van der Waals surface area contributed by atoms with Gasteiger partial charge in [-0.3, -0.25) is 0 Å². The molecular weight excluding hydrogens is 238 g/mol. The maximum absolute atomic E-state index is 4.38. The highest BCUT2D eigenvalue weighted by molar-refractivity contribution is 5.47. The van der Waals surface area contributed by atoms with E-state index in [1.165, 1.54) is 5.69 Å². The molecule has 19 heavy (non-hydrogen) atoms. The second-order valence-corrected chi connectivity index (χ2v) is 5.04. The fourth-order valence-corrected chi connectivity index (χ4v) is 1.88. The number of hydrogen-bond acceptors (Lipinski definition) is 4. The Labute approximate surface area is 114 Å². The van der Waals surface area contributed by atoms with Crippen LogP contribution in [0.3, 0.4) is 0 Å². The van der Waals surface area contributed by atoms with Gasteiger partial charge in [-0.05, 0) is 26.0 Å². The molecule has 2 heterocycles. The zero-order valence-corrected chi connectivity index (χ0v) is 12.0. The van der Waals surface area contributed by atoms with Crippen LogP contribution in [0.5, 0.6) is 0 Å². The van der Waals surface area contributed by atoms with E-state index in [-0.39, 0.29) is 0 Å². The van der Waals surface area contributed by atoms with Crippen LogP contribution in [0.25, 0.3) is 0 Å². The normalized spacial score (nSPS) is 10.8. The molecule has 1 N–H and O–H groups in total. The van der Waals surface area contributed by atoms with E-state index in [0.29, 0.717) is 6.04 Å². The van der Waals surface area contributed by atoms with Crippen molar-refractivity contribution in [3.8, 4) is 0 Å². The molecule has 0 aromatic carbocycles. The van der Waals surface area contributed by atoms with Gasteiger partial charge in [0.2, 0.25) is 0 Å². The van der Waals surface area contributed by atoms with Gasteiger partial charge in [-0.2, -0.15) is 0 Å². The minimum atomic E-state index is 0.425. The molecule has 0 fully saturated rings. The molecular formula is C14H21N5. The van der Waals surface area contributed by atoms with Crippen LogP contribution in [0.2, 0.25) is 0 Å². The van der Waals surface area contributed by atoms with Gasteiger partial charge in [0.05, 0.1) is 30.5 Å². The maximum Gasteiger partial charge on any atom is 0.128 e. The SMILES string of the molecule is CC(C)n1cncc1CNc1ccc(N(C)C)nc1. The summed E-state index contributed by atoms with van der Waals surface area (Å²) in [5, 5.41) is 3.37. The standard InChI is InChI=1S/C14H21N5/c1-11(2)19-10-15-8-13(19)9-16-12-5-6-14(17-7-12)18(3)4/h5-8,10-11,16H,9H2,1-4H3. The minimum Gasteiger partial charge on any atom is -0.378 e.